The van der Waals surface area contributed by atoms with Crippen LogP contribution in [0.25, 0.3) is 0 Å². The number of allylic oxidation sites excluding steroid dienone is 2. The summed E-state index contributed by atoms with van der Waals surface area (Å²) in [6, 6.07) is 26.5. The Labute approximate surface area is 298 Å². The Hall–Kier alpha value is -5.48. The molecule has 8 rings (SSSR count). The molecular formula is C40H33ClFN3O6. The lowest BCUT2D eigenvalue weighted by Gasteiger charge is -2.50. The summed E-state index contributed by atoms with van der Waals surface area (Å²) in [5.41, 5.74) is 4.14. The van der Waals surface area contributed by atoms with Crippen LogP contribution in [0, 0.1) is 29.5 Å². The second kappa shape index (κ2) is 12.4. The van der Waals surface area contributed by atoms with Crippen molar-refractivity contribution in [1.82, 2.24) is 9.91 Å². The van der Waals surface area contributed by atoms with E-state index in [9.17, 15) is 23.9 Å². The van der Waals surface area contributed by atoms with Crippen molar-refractivity contribution in [3.63, 3.8) is 0 Å². The second-order valence-electron chi connectivity index (χ2n) is 13.6. The molecule has 258 valence electrons. The van der Waals surface area contributed by atoms with Crippen molar-refractivity contribution < 1.29 is 33.4 Å². The van der Waals surface area contributed by atoms with Crippen molar-refractivity contribution in [1.29, 1.82) is 0 Å². The van der Waals surface area contributed by atoms with Crippen LogP contribution in [0.3, 0.4) is 0 Å². The van der Waals surface area contributed by atoms with E-state index < -0.39 is 52.6 Å². The van der Waals surface area contributed by atoms with Gasteiger partial charge in [0.2, 0.25) is 11.8 Å². The minimum Gasteiger partial charge on any atom is -0.508 e. The molecule has 2 heterocycles. The van der Waals surface area contributed by atoms with E-state index in [1.165, 1.54) is 37.4 Å². The molecule has 4 aromatic rings. The molecule has 4 aromatic carbocycles. The molecular weight excluding hydrogens is 673 g/mol. The first kappa shape index (κ1) is 32.7. The Balaban J connectivity index is 1.30. The van der Waals surface area contributed by atoms with Gasteiger partial charge in [-0.05, 0) is 72.4 Å². The molecule has 11 heteroatoms. The minimum atomic E-state index is -1.61. The number of fused-ring (bicyclic) bond motifs is 4. The number of imide groups is 2. The number of rotatable bonds is 7. The van der Waals surface area contributed by atoms with E-state index in [-0.39, 0.29) is 37.0 Å². The summed E-state index contributed by atoms with van der Waals surface area (Å²) in [6.07, 6.45) is 2.29. The van der Waals surface area contributed by atoms with Gasteiger partial charge in [-0.25, -0.2) is 4.39 Å². The van der Waals surface area contributed by atoms with Crippen molar-refractivity contribution in [2.45, 2.75) is 30.8 Å². The predicted molar refractivity (Wildman–Crippen MR) is 186 cm³/mol. The molecule has 0 unspecified atom stereocenters. The number of hydrogen-bond acceptors (Lipinski definition) is 7. The molecule has 6 atom stereocenters. The molecule has 2 aliphatic carbocycles. The van der Waals surface area contributed by atoms with Crippen LogP contribution in [0.1, 0.15) is 35.4 Å². The van der Waals surface area contributed by atoms with Gasteiger partial charge in [-0.15, -0.1) is 0 Å². The zero-order valence-corrected chi connectivity index (χ0v) is 28.2. The predicted octanol–water partition coefficient (Wildman–Crippen LogP) is 6.38. The van der Waals surface area contributed by atoms with Crippen LogP contribution < -0.4 is 10.2 Å². The zero-order valence-electron chi connectivity index (χ0n) is 27.5. The third-order valence-electron chi connectivity index (χ3n) is 11.0. The number of aromatic hydroxyl groups is 1. The molecule has 0 bridgehead atoms. The molecule has 0 spiro atoms. The number of phenolic OH excluding ortho intramolecular Hbond substituents is 1. The molecule has 4 aliphatic rings. The summed E-state index contributed by atoms with van der Waals surface area (Å²) in [4.78, 5) is 57.9. The Bertz CT molecular complexity index is 2110. The average molecular weight is 706 g/mol. The quantitative estimate of drug-likeness (QED) is 0.169. The number of hydrogen-bond donors (Lipinski definition) is 2. The van der Waals surface area contributed by atoms with Gasteiger partial charge in [0.25, 0.3) is 11.8 Å². The monoisotopic (exact) mass is 705 g/mol. The van der Waals surface area contributed by atoms with Crippen LogP contribution in [0.5, 0.6) is 11.5 Å². The largest absolute Gasteiger partial charge is 0.508 e. The highest BCUT2D eigenvalue weighted by atomic mass is 35.5. The first-order valence-corrected chi connectivity index (χ1v) is 17.1. The average Bonchev–Trinajstić information content (AvgIpc) is 3.49. The number of carbonyl (C=O) groups excluding carboxylic acids is 4. The number of nitrogens with one attached hydrogen (secondary N) is 1. The van der Waals surface area contributed by atoms with Crippen LogP contribution in [-0.2, 0) is 31.2 Å². The van der Waals surface area contributed by atoms with E-state index in [1.54, 1.807) is 36.4 Å². The van der Waals surface area contributed by atoms with Gasteiger partial charge in [0.15, 0.2) is 0 Å². The third-order valence-corrected chi connectivity index (χ3v) is 11.3. The van der Waals surface area contributed by atoms with E-state index >= 15 is 4.79 Å². The lowest BCUT2D eigenvalue weighted by Crippen LogP contribution is -2.53. The van der Waals surface area contributed by atoms with Gasteiger partial charge in [0.05, 0.1) is 28.9 Å². The van der Waals surface area contributed by atoms with Gasteiger partial charge < -0.3 is 9.84 Å². The molecule has 9 nitrogen and oxygen atoms in total. The summed E-state index contributed by atoms with van der Waals surface area (Å²) >= 11 is 6.35. The lowest BCUT2D eigenvalue weighted by molar-refractivity contribution is -0.140. The normalized spacial score (nSPS) is 26.8. The Morgan fingerprint density at radius 2 is 1.63 bits per heavy atom. The number of benzene rings is 4. The number of anilines is 1. The van der Waals surface area contributed by atoms with Gasteiger partial charge in [0.1, 0.15) is 23.9 Å². The van der Waals surface area contributed by atoms with Gasteiger partial charge in [-0.2, -0.15) is 5.01 Å². The van der Waals surface area contributed by atoms with Crippen molar-refractivity contribution >= 4 is 40.9 Å². The summed E-state index contributed by atoms with van der Waals surface area (Å²) in [5, 5.41) is 13.2. The summed E-state index contributed by atoms with van der Waals surface area (Å²) < 4.78 is 19.8. The lowest BCUT2D eigenvalue weighted by atomic mass is 9.49. The van der Waals surface area contributed by atoms with Crippen molar-refractivity contribution in [3.8, 4) is 11.5 Å². The van der Waals surface area contributed by atoms with Crippen LogP contribution in [0.2, 0.25) is 5.02 Å². The van der Waals surface area contributed by atoms with Crippen molar-refractivity contribution in [3.05, 3.63) is 136 Å². The highest BCUT2D eigenvalue weighted by Gasteiger charge is 2.70. The minimum absolute atomic E-state index is 0.101. The number of carbonyl (C=O) groups is 4. The Morgan fingerprint density at radius 1 is 0.902 bits per heavy atom. The van der Waals surface area contributed by atoms with Crippen molar-refractivity contribution in [2.24, 2.45) is 23.7 Å². The third kappa shape index (κ3) is 5.11. The fraction of sp³-hybridized carbons (Fsp3) is 0.250. The highest BCUT2D eigenvalue weighted by Crippen LogP contribution is 2.65. The number of phenols is 1. The van der Waals surface area contributed by atoms with Gasteiger partial charge >= 0.3 is 0 Å². The highest BCUT2D eigenvalue weighted by molar-refractivity contribution is 6.30. The van der Waals surface area contributed by atoms with Crippen LogP contribution in [0.4, 0.5) is 10.1 Å². The van der Waals surface area contributed by atoms with E-state index in [0.717, 1.165) is 15.5 Å². The molecule has 0 radical (unpaired) electrons. The van der Waals surface area contributed by atoms with Gasteiger partial charge in [0, 0.05) is 29.6 Å². The number of amides is 4. The van der Waals surface area contributed by atoms with E-state index in [1.807, 2.05) is 36.4 Å². The SMILES string of the molecule is CN1C(=O)[C@H]2[C@H](CC=C3[C@H]2C[C@H]2C(=O)N(Nc4ccc(F)cc4)C(=O)[C@@]2(c2ccc(Cl)cc2)[C@H]3c2ccc(OCc3ccccc3)cc2O)C1=O. The van der Waals surface area contributed by atoms with Crippen LogP contribution in [-0.4, -0.2) is 45.7 Å². The number of halogens is 2. The second-order valence-corrected chi connectivity index (χ2v) is 14.0. The fourth-order valence-corrected chi connectivity index (χ4v) is 8.88. The maximum absolute atomic E-state index is 15.2. The number of hydrazine groups is 1. The molecule has 2 aliphatic heterocycles. The van der Waals surface area contributed by atoms with Gasteiger partial charge in [-0.3, -0.25) is 29.5 Å². The van der Waals surface area contributed by atoms with Crippen LogP contribution >= 0.6 is 11.6 Å². The molecule has 3 fully saturated rings. The van der Waals surface area contributed by atoms with E-state index in [2.05, 4.69) is 5.43 Å². The van der Waals surface area contributed by atoms with E-state index in [0.29, 0.717) is 33.2 Å². The molecule has 2 saturated heterocycles. The summed E-state index contributed by atoms with van der Waals surface area (Å²) in [7, 11) is 1.47. The maximum atomic E-state index is 15.2. The van der Waals surface area contributed by atoms with Crippen molar-refractivity contribution in [2.75, 3.05) is 12.5 Å². The zero-order chi connectivity index (χ0) is 35.6. The Morgan fingerprint density at radius 3 is 2.33 bits per heavy atom. The Kier molecular flexibility index (Phi) is 7.94. The maximum Gasteiger partial charge on any atom is 0.260 e. The first-order chi connectivity index (χ1) is 24.6. The number of ether oxygens (including phenoxy) is 1. The smallest absolute Gasteiger partial charge is 0.260 e. The molecule has 51 heavy (non-hydrogen) atoms. The first-order valence-electron chi connectivity index (χ1n) is 16.8. The molecule has 0 aromatic heterocycles. The number of nitrogens with zero attached hydrogens (tertiary/aromatic N) is 2. The van der Waals surface area contributed by atoms with Gasteiger partial charge in [-0.1, -0.05) is 71.8 Å². The van der Waals surface area contributed by atoms with Crippen LogP contribution in [0.15, 0.2) is 109 Å². The summed E-state index contributed by atoms with van der Waals surface area (Å²) in [6.45, 7) is 0.261. The van der Waals surface area contributed by atoms with E-state index in [4.69, 9.17) is 16.3 Å². The standard InChI is InChI=1S/C40H33ClFN3O6/c1-44-36(47)30-18-17-28-31(34(30)38(44)49)20-32-37(48)45(43-26-13-11-25(42)12-14-26)39(50)40(32,23-7-9-24(41)10-8-23)35(28)29-16-15-27(19-33(29)46)51-21-22-5-3-2-4-6-22/h2-17,19,30-32,34-35,43,46H,18,20-21H2,1H3/t30-,31+,32-,34-,35+,40+/m0/s1. The fourth-order valence-electron chi connectivity index (χ4n) is 8.76. The number of likely N-dealkylation sites (tertiary alicyclic amines) is 1. The molecule has 4 amide bonds. The molecule has 2 N–H and O–H groups in total. The molecule has 1 saturated carbocycles. The topological polar surface area (TPSA) is 116 Å². The summed E-state index contributed by atoms with van der Waals surface area (Å²) in [5.74, 6) is -5.82.